The highest BCUT2D eigenvalue weighted by Gasteiger charge is 2.23. The minimum absolute atomic E-state index is 0.269. The van der Waals surface area contributed by atoms with Crippen molar-refractivity contribution < 1.29 is 9.84 Å². The van der Waals surface area contributed by atoms with Crippen LogP contribution >= 0.6 is 0 Å². The number of nitrogens with zero attached hydrogens (tertiary/aromatic N) is 1. The first-order valence-corrected chi connectivity index (χ1v) is 6.25. The number of rotatable bonds is 7. The number of hydrogen-bond acceptors (Lipinski definition) is 4. The molecule has 96 valence electrons. The Hall–Kier alpha value is -0.160. The molecule has 0 saturated carbocycles. The van der Waals surface area contributed by atoms with Gasteiger partial charge in [-0.3, -0.25) is 4.90 Å². The Morgan fingerprint density at radius 2 is 2.19 bits per heavy atom. The van der Waals surface area contributed by atoms with Gasteiger partial charge in [-0.25, -0.2) is 0 Å². The fourth-order valence-corrected chi connectivity index (χ4v) is 2.06. The van der Waals surface area contributed by atoms with Gasteiger partial charge in [-0.1, -0.05) is 13.8 Å². The maximum Gasteiger partial charge on any atom is 0.0791 e. The van der Waals surface area contributed by atoms with Crippen molar-refractivity contribution in [1.29, 1.82) is 0 Å². The monoisotopic (exact) mass is 230 g/mol. The van der Waals surface area contributed by atoms with Gasteiger partial charge in [0, 0.05) is 33.3 Å². The van der Waals surface area contributed by atoms with Gasteiger partial charge in [-0.15, -0.1) is 0 Å². The molecule has 1 rings (SSSR count). The van der Waals surface area contributed by atoms with E-state index in [4.69, 9.17) is 4.74 Å². The molecule has 0 amide bonds. The maximum atomic E-state index is 9.84. The predicted octanol–water partition coefficient (Wildman–Crippen LogP) is 0.314. The Kier molecular flexibility index (Phi) is 6.28. The van der Waals surface area contributed by atoms with Crippen LogP contribution in [0.15, 0.2) is 0 Å². The lowest BCUT2D eigenvalue weighted by Gasteiger charge is -2.20. The summed E-state index contributed by atoms with van der Waals surface area (Å²) in [7, 11) is 1.76. The Balaban J connectivity index is 2.08. The highest BCUT2D eigenvalue weighted by Crippen LogP contribution is 2.11. The normalized spacial score (nSPS) is 24.2. The van der Waals surface area contributed by atoms with Crippen LogP contribution in [0, 0.1) is 5.92 Å². The Labute approximate surface area is 99.0 Å². The van der Waals surface area contributed by atoms with Gasteiger partial charge in [0.05, 0.1) is 12.2 Å². The molecule has 0 aliphatic carbocycles. The van der Waals surface area contributed by atoms with Crippen molar-refractivity contribution in [1.82, 2.24) is 10.2 Å². The summed E-state index contributed by atoms with van der Waals surface area (Å²) < 4.78 is 5.30. The third-order valence-electron chi connectivity index (χ3n) is 2.96. The Morgan fingerprint density at radius 1 is 1.44 bits per heavy atom. The van der Waals surface area contributed by atoms with E-state index in [2.05, 4.69) is 24.1 Å². The molecule has 0 bridgehead atoms. The van der Waals surface area contributed by atoms with E-state index in [1.165, 1.54) is 0 Å². The summed E-state index contributed by atoms with van der Waals surface area (Å²) in [6.07, 6.45) is 1.17. The van der Waals surface area contributed by atoms with Crippen LogP contribution in [-0.2, 0) is 4.74 Å². The predicted molar refractivity (Wildman–Crippen MR) is 65.6 cm³/mol. The average molecular weight is 230 g/mol. The van der Waals surface area contributed by atoms with E-state index in [1.54, 1.807) is 7.11 Å². The average Bonchev–Trinajstić information content (AvgIpc) is 2.65. The molecule has 0 radical (unpaired) electrons. The number of methoxy groups -OCH3 is 1. The second-order valence-electron chi connectivity index (χ2n) is 5.11. The van der Waals surface area contributed by atoms with Crippen molar-refractivity contribution in [3.63, 3.8) is 0 Å². The van der Waals surface area contributed by atoms with Crippen molar-refractivity contribution in [2.75, 3.05) is 39.8 Å². The number of nitrogens with one attached hydrogen (secondary N) is 1. The maximum absolute atomic E-state index is 9.84. The highest BCUT2D eigenvalue weighted by molar-refractivity contribution is 4.78. The number of aliphatic hydroxyl groups is 1. The zero-order chi connectivity index (χ0) is 12.0. The molecule has 1 aliphatic heterocycles. The SMILES string of the molecule is COC1CCN(CC(O)CNCC(C)C)C1. The molecule has 0 aromatic rings. The van der Waals surface area contributed by atoms with Crippen LogP contribution in [0.5, 0.6) is 0 Å². The van der Waals surface area contributed by atoms with E-state index in [0.717, 1.165) is 32.6 Å². The Bertz CT molecular complexity index is 188. The van der Waals surface area contributed by atoms with Crippen molar-refractivity contribution in [2.45, 2.75) is 32.5 Å². The molecule has 0 aromatic carbocycles. The molecule has 2 N–H and O–H groups in total. The zero-order valence-corrected chi connectivity index (χ0v) is 10.8. The van der Waals surface area contributed by atoms with Crippen LogP contribution in [0.25, 0.3) is 0 Å². The van der Waals surface area contributed by atoms with Gasteiger partial charge in [-0.05, 0) is 18.9 Å². The molecule has 1 fully saturated rings. The van der Waals surface area contributed by atoms with Gasteiger partial charge in [0.25, 0.3) is 0 Å². The summed E-state index contributed by atoms with van der Waals surface area (Å²) in [4.78, 5) is 2.27. The number of likely N-dealkylation sites (tertiary alicyclic amines) is 1. The second-order valence-corrected chi connectivity index (χ2v) is 5.11. The Morgan fingerprint density at radius 3 is 2.75 bits per heavy atom. The van der Waals surface area contributed by atoms with E-state index in [1.807, 2.05) is 0 Å². The molecule has 4 nitrogen and oxygen atoms in total. The lowest BCUT2D eigenvalue weighted by molar-refractivity contribution is 0.0893. The van der Waals surface area contributed by atoms with Gasteiger partial charge >= 0.3 is 0 Å². The third kappa shape index (κ3) is 5.25. The summed E-state index contributed by atoms with van der Waals surface area (Å²) >= 11 is 0. The van der Waals surface area contributed by atoms with Gasteiger partial charge in [0.15, 0.2) is 0 Å². The molecule has 2 unspecified atom stereocenters. The first-order chi connectivity index (χ1) is 7.61. The first kappa shape index (κ1) is 13.9. The molecular formula is C12H26N2O2. The van der Waals surface area contributed by atoms with Crippen LogP contribution in [0.1, 0.15) is 20.3 Å². The molecular weight excluding hydrogens is 204 g/mol. The van der Waals surface area contributed by atoms with E-state index < -0.39 is 0 Å². The van der Waals surface area contributed by atoms with Crippen LogP contribution in [0.3, 0.4) is 0 Å². The topological polar surface area (TPSA) is 44.7 Å². The molecule has 2 atom stereocenters. The van der Waals surface area contributed by atoms with Crippen LogP contribution in [0.4, 0.5) is 0 Å². The van der Waals surface area contributed by atoms with Crippen molar-refractivity contribution in [3.05, 3.63) is 0 Å². The van der Waals surface area contributed by atoms with E-state index in [9.17, 15) is 5.11 Å². The first-order valence-electron chi connectivity index (χ1n) is 6.25. The zero-order valence-electron chi connectivity index (χ0n) is 10.8. The smallest absolute Gasteiger partial charge is 0.0791 e. The fraction of sp³-hybridized carbons (Fsp3) is 1.00. The molecule has 1 saturated heterocycles. The van der Waals surface area contributed by atoms with Crippen molar-refractivity contribution in [3.8, 4) is 0 Å². The van der Waals surface area contributed by atoms with Gasteiger partial charge in [-0.2, -0.15) is 0 Å². The molecule has 0 aromatic heterocycles. The molecule has 1 heterocycles. The molecule has 0 spiro atoms. The minimum Gasteiger partial charge on any atom is -0.390 e. The van der Waals surface area contributed by atoms with E-state index >= 15 is 0 Å². The van der Waals surface area contributed by atoms with Gasteiger partial charge in [0.1, 0.15) is 0 Å². The van der Waals surface area contributed by atoms with Gasteiger partial charge < -0.3 is 15.2 Å². The summed E-state index contributed by atoms with van der Waals surface area (Å²) in [5, 5.41) is 13.1. The highest BCUT2D eigenvalue weighted by atomic mass is 16.5. The summed E-state index contributed by atoms with van der Waals surface area (Å²) in [5.74, 6) is 0.636. The second kappa shape index (κ2) is 7.22. The molecule has 1 aliphatic rings. The van der Waals surface area contributed by atoms with Crippen LogP contribution < -0.4 is 5.32 Å². The summed E-state index contributed by atoms with van der Waals surface area (Å²) in [6, 6.07) is 0. The number of β-amino-alcohol motifs (C(OH)–C–C–N with tert-alkyl or cyclic N) is 1. The fourth-order valence-electron chi connectivity index (χ4n) is 2.06. The van der Waals surface area contributed by atoms with Crippen LogP contribution in [-0.4, -0.2) is 62.0 Å². The quantitative estimate of drug-likeness (QED) is 0.661. The lowest BCUT2D eigenvalue weighted by atomic mass is 10.2. The number of ether oxygens (including phenoxy) is 1. The molecule has 4 heteroatoms. The van der Waals surface area contributed by atoms with E-state index in [0.29, 0.717) is 18.6 Å². The van der Waals surface area contributed by atoms with Gasteiger partial charge in [0.2, 0.25) is 0 Å². The van der Waals surface area contributed by atoms with Crippen LogP contribution in [0.2, 0.25) is 0 Å². The number of hydrogen-bond donors (Lipinski definition) is 2. The standard InChI is InChI=1S/C12H26N2O2/c1-10(2)6-13-7-11(15)8-14-5-4-12(9-14)16-3/h10-13,15H,4-9H2,1-3H3. The number of aliphatic hydroxyl groups excluding tert-OH is 1. The van der Waals surface area contributed by atoms with Crippen molar-refractivity contribution in [2.24, 2.45) is 5.92 Å². The lowest BCUT2D eigenvalue weighted by Crippen LogP contribution is -2.38. The minimum atomic E-state index is -0.269. The summed E-state index contributed by atoms with van der Waals surface area (Å²) in [6.45, 7) is 8.75. The molecule has 16 heavy (non-hydrogen) atoms. The van der Waals surface area contributed by atoms with E-state index in [-0.39, 0.29) is 6.10 Å². The van der Waals surface area contributed by atoms with Crippen molar-refractivity contribution >= 4 is 0 Å². The summed E-state index contributed by atoms with van der Waals surface area (Å²) in [5.41, 5.74) is 0. The third-order valence-corrected chi connectivity index (χ3v) is 2.96. The largest absolute Gasteiger partial charge is 0.390 e.